The molecule has 0 aliphatic rings. The minimum atomic E-state index is 1.09. The fourth-order valence-corrected chi connectivity index (χ4v) is 7.42. The molecule has 0 aromatic heterocycles. The van der Waals surface area contributed by atoms with E-state index in [0.29, 0.717) is 0 Å². The third-order valence-electron chi connectivity index (χ3n) is 10.3. The van der Waals surface area contributed by atoms with Crippen LogP contribution in [0.15, 0.2) is 237 Å². The Bertz CT molecular complexity index is 2530. The van der Waals surface area contributed by atoms with E-state index in [2.05, 4.69) is 241 Å². The molecule has 0 saturated heterocycles. The van der Waals surface area contributed by atoms with E-state index in [0.717, 1.165) is 17.1 Å². The first-order chi connectivity index (χ1) is 27.3. The maximum absolute atomic E-state index is 2.37. The maximum Gasteiger partial charge on any atom is 0.0468 e. The smallest absolute Gasteiger partial charge is 0.0468 e. The third kappa shape index (κ3) is 7.25. The molecule has 0 heterocycles. The van der Waals surface area contributed by atoms with Gasteiger partial charge in [-0.3, -0.25) is 0 Å². The van der Waals surface area contributed by atoms with Crippen molar-refractivity contribution in [3.8, 4) is 66.8 Å². The van der Waals surface area contributed by atoms with Gasteiger partial charge in [-0.05, 0) is 103 Å². The highest BCUT2D eigenvalue weighted by Gasteiger charge is 2.17. The topological polar surface area (TPSA) is 3.24 Å². The molecule has 0 radical (unpaired) electrons. The predicted molar refractivity (Wildman–Crippen MR) is 234 cm³/mol. The van der Waals surface area contributed by atoms with Crippen LogP contribution in [0.4, 0.5) is 17.1 Å². The molecule has 0 N–H and O–H groups in total. The van der Waals surface area contributed by atoms with Crippen LogP contribution in [0.2, 0.25) is 0 Å². The first-order valence-electron chi connectivity index (χ1n) is 18.8. The number of hydrogen-bond donors (Lipinski definition) is 0. The summed E-state index contributed by atoms with van der Waals surface area (Å²) in [6, 6.07) is 85.0. The Morgan fingerprint density at radius 2 is 0.436 bits per heavy atom. The van der Waals surface area contributed by atoms with Crippen LogP contribution in [0.1, 0.15) is 0 Å². The minimum absolute atomic E-state index is 1.09. The molecule has 260 valence electrons. The largest absolute Gasteiger partial charge is 0.310 e. The van der Waals surface area contributed by atoms with Gasteiger partial charge in [0.15, 0.2) is 0 Å². The van der Waals surface area contributed by atoms with Crippen molar-refractivity contribution in [2.45, 2.75) is 0 Å². The van der Waals surface area contributed by atoms with Gasteiger partial charge < -0.3 is 4.90 Å². The molecule has 1 heteroatoms. The Hall–Kier alpha value is -7.22. The van der Waals surface area contributed by atoms with Crippen LogP contribution in [0, 0.1) is 0 Å². The predicted octanol–water partition coefficient (Wildman–Crippen LogP) is 15.2. The molecule has 9 aromatic rings. The van der Waals surface area contributed by atoms with E-state index in [-0.39, 0.29) is 0 Å². The Balaban J connectivity index is 1.12. The lowest BCUT2D eigenvalue weighted by Crippen LogP contribution is -2.10. The van der Waals surface area contributed by atoms with Crippen LogP contribution in [0.3, 0.4) is 0 Å². The highest BCUT2D eigenvalue weighted by molar-refractivity contribution is 5.90. The summed E-state index contributed by atoms with van der Waals surface area (Å²) in [5, 5.41) is 0. The zero-order valence-corrected chi connectivity index (χ0v) is 30.5. The zero-order valence-electron chi connectivity index (χ0n) is 30.5. The van der Waals surface area contributed by atoms with Gasteiger partial charge in [0.2, 0.25) is 0 Å². The van der Waals surface area contributed by atoms with Crippen LogP contribution in [-0.4, -0.2) is 0 Å². The molecule has 1 nitrogen and oxygen atoms in total. The van der Waals surface area contributed by atoms with Crippen molar-refractivity contribution >= 4 is 17.1 Å². The normalized spacial score (nSPS) is 10.9. The average molecular weight is 702 g/mol. The van der Waals surface area contributed by atoms with Gasteiger partial charge in [0.1, 0.15) is 0 Å². The van der Waals surface area contributed by atoms with Crippen LogP contribution in [0.5, 0.6) is 0 Å². The molecule has 0 bridgehead atoms. The first kappa shape index (κ1) is 33.6. The standard InChI is InChI=1S/C54H39N/c1-5-13-40(14-6-1)43-21-23-44(24-22-43)45-25-27-49(28-26-45)54-39-52(37-38-53(54)48-19-11-4-12-20-48)55(50-33-29-46(30-34-50)41-15-7-2-8-16-41)51-35-31-47(32-36-51)42-17-9-3-10-18-42/h1-39H. The fourth-order valence-electron chi connectivity index (χ4n) is 7.42. The second kappa shape index (κ2) is 15.4. The van der Waals surface area contributed by atoms with Crippen molar-refractivity contribution in [3.63, 3.8) is 0 Å². The van der Waals surface area contributed by atoms with Crippen molar-refractivity contribution in [2.24, 2.45) is 0 Å². The lowest BCUT2D eigenvalue weighted by atomic mass is 9.92. The molecule has 0 spiro atoms. The van der Waals surface area contributed by atoms with Crippen LogP contribution >= 0.6 is 0 Å². The summed E-state index contributed by atoms with van der Waals surface area (Å²) in [6.45, 7) is 0. The van der Waals surface area contributed by atoms with E-state index in [1.165, 1.54) is 66.8 Å². The lowest BCUT2D eigenvalue weighted by molar-refractivity contribution is 1.28. The molecule has 0 saturated carbocycles. The Morgan fingerprint density at radius 3 is 0.800 bits per heavy atom. The van der Waals surface area contributed by atoms with E-state index in [1.807, 2.05) is 0 Å². The van der Waals surface area contributed by atoms with Crippen LogP contribution < -0.4 is 4.90 Å². The third-order valence-corrected chi connectivity index (χ3v) is 10.3. The molecule has 0 unspecified atom stereocenters. The number of nitrogens with zero attached hydrogens (tertiary/aromatic N) is 1. The van der Waals surface area contributed by atoms with Crippen molar-refractivity contribution in [3.05, 3.63) is 237 Å². The lowest BCUT2D eigenvalue weighted by Gasteiger charge is -2.27. The van der Waals surface area contributed by atoms with Gasteiger partial charge in [0.05, 0.1) is 0 Å². The van der Waals surface area contributed by atoms with E-state index in [4.69, 9.17) is 0 Å². The molecule has 55 heavy (non-hydrogen) atoms. The van der Waals surface area contributed by atoms with Gasteiger partial charge in [-0.2, -0.15) is 0 Å². The van der Waals surface area contributed by atoms with Crippen LogP contribution in [-0.2, 0) is 0 Å². The summed E-state index contributed by atoms with van der Waals surface area (Å²) in [6.07, 6.45) is 0. The van der Waals surface area contributed by atoms with Gasteiger partial charge in [-0.15, -0.1) is 0 Å². The number of anilines is 3. The molecule has 0 fully saturated rings. The molecule has 0 amide bonds. The molecule has 0 aliphatic carbocycles. The van der Waals surface area contributed by atoms with Crippen molar-refractivity contribution in [1.82, 2.24) is 0 Å². The molecular weight excluding hydrogens is 663 g/mol. The Labute approximate surface area is 324 Å². The minimum Gasteiger partial charge on any atom is -0.310 e. The SMILES string of the molecule is c1ccc(-c2ccc(-c3ccc(-c4cc(N(c5ccc(-c6ccccc6)cc5)c5ccc(-c6ccccc6)cc5)ccc4-c4ccccc4)cc3)cc2)cc1. The van der Waals surface area contributed by atoms with Crippen molar-refractivity contribution in [1.29, 1.82) is 0 Å². The summed E-state index contributed by atoms with van der Waals surface area (Å²) in [4.78, 5) is 2.37. The van der Waals surface area contributed by atoms with Crippen LogP contribution in [0.25, 0.3) is 66.8 Å². The summed E-state index contributed by atoms with van der Waals surface area (Å²) in [7, 11) is 0. The first-order valence-corrected chi connectivity index (χ1v) is 18.8. The van der Waals surface area contributed by atoms with Gasteiger partial charge in [0, 0.05) is 17.1 Å². The van der Waals surface area contributed by atoms with Crippen molar-refractivity contribution < 1.29 is 0 Å². The summed E-state index contributed by atoms with van der Waals surface area (Å²) >= 11 is 0. The molecule has 9 aromatic carbocycles. The van der Waals surface area contributed by atoms with E-state index >= 15 is 0 Å². The van der Waals surface area contributed by atoms with Gasteiger partial charge >= 0.3 is 0 Å². The summed E-state index contributed by atoms with van der Waals surface area (Å²) in [5.74, 6) is 0. The van der Waals surface area contributed by atoms with E-state index in [9.17, 15) is 0 Å². The second-order valence-electron chi connectivity index (χ2n) is 13.8. The summed E-state index contributed by atoms with van der Waals surface area (Å²) in [5.41, 5.74) is 17.7. The second-order valence-corrected chi connectivity index (χ2v) is 13.8. The van der Waals surface area contributed by atoms with Gasteiger partial charge in [-0.25, -0.2) is 0 Å². The zero-order chi connectivity index (χ0) is 36.8. The van der Waals surface area contributed by atoms with Gasteiger partial charge in [0.25, 0.3) is 0 Å². The number of benzene rings is 9. The monoisotopic (exact) mass is 701 g/mol. The molecular formula is C54H39N. The van der Waals surface area contributed by atoms with E-state index < -0.39 is 0 Å². The van der Waals surface area contributed by atoms with E-state index in [1.54, 1.807) is 0 Å². The molecule has 0 atom stereocenters. The average Bonchev–Trinajstić information content (AvgIpc) is 3.28. The quantitative estimate of drug-likeness (QED) is 0.145. The fraction of sp³-hybridized carbons (Fsp3) is 0. The van der Waals surface area contributed by atoms with Gasteiger partial charge in [-0.1, -0.05) is 200 Å². The highest BCUT2D eigenvalue weighted by atomic mass is 15.1. The number of hydrogen-bond acceptors (Lipinski definition) is 1. The highest BCUT2D eigenvalue weighted by Crippen LogP contribution is 2.42. The van der Waals surface area contributed by atoms with Crippen molar-refractivity contribution in [2.75, 3.05) is 4.90 Å². The summed E-state index contributed by atoms with van der Waals surface area (Å²) < 4.78 is 0. The number of rotatable bonds is 9. The Kier molecular flexibility index (Phi) is 9.41. The maximum atomic E-state index is 2.37. The molecule has 0 aliphatic heterocycles. The molecule has 9 rings (SSSR count). The Morgan fingerprint density at radius 1 is 0.182 bits per heavy atom.